The van der Waals surface area contributed by atoms with Crippen LogP contribution >= 0.6 is 24.0 Å². The fourth-order valence-electron chi connectivity index (χ4n) is 2.09. The van der Waals surface area contributed by atoms with Gasteiger partial charge in [0.2, 0.25) is 10.0 Å². The van der Waals surface area contributed by atoms with Crippen molar-refractivity contribution in [2.75, 3.05) is 32.4 Å². The van der Waals surface area contributed by atoms with Crippen molar-refractivity contribution in [2.45, 2.75) is 20.4 Å². The molecule has 0 amide bonds. The average Bonchev–Trinajstić information content (AvgIpc) is 2.52. The van der Waals surface area contributed by atoms with E-state index >= 15 is 0 Å². The van der Waals surface area contributed by atoms with E-state index in [1.165, 1.54) is 10.4 Å². The lowest BCUT2D eigenvalue weighted by Crippen LogP contribution is -2.41. The normalized spacial score (nSPS) is 12.0. The zero-order chi connectivity index (χ0) is 17.3. The molecule has 0 heterocycles. The summed E-state index contributed by atoms with van der Waals surface area (Å²) in [5.41, 5.74) is 0.520. The second kappa shape index (κ2) is 11.6. The highest BCUT2D eigenvalue weighted by Crippen LogP contribution is 2.05. The summed E-state index contributed by atoms with van der Waals surface area (Å²) in [6.07, 6.45) is 0. The third kappa shape index (κ3) is 7.31. The second-order valence-corrected chi connectivity index (χ2v) is 6.93. The lowest BCUT2D eigenvalue weighted by molar-refractivity contribution is 0.445. The van der Waals surface area contributed by atoms with Crippen LogP contribution in [0.15, 0.2) is 29.3 Å². The van der Waals surface area contributed by atoms with Gasteiger partial charge in [-0.2, -0.15) is 0 Å². The van der Waals surface area contributed by atoms with Crippen molar-refractivity contribution < 1.29 is 12.8 Å². The maximum atomic E-state index is 13.5. The van der Waals surface area contributed by atoms with Crippen LogP contribution in [0.4, 0.5) is 4.39 Å². The number of sulfonamides is 1. The number of nitrogens with one attached hydrogen (secondary N) is 2. The summed E-state index contributed by atoms with van der Waals surface area (Å²) in [6.45, 7) is 5.04. The van der Waals surface area contributed by atoms with Gasteiger partial charge in [0, 0.05) is 38.8 Å². The Morgan fingerprint density at radius 3 is 2.38 bits per heavy atom. The zero-order valence-electron chi connectivity index (χ0n) is 14.3. The fraction of sp³-hybridized carbons (Fsp3) is 0.533. The number of nitrogens with zero attached hydrogens (tertiary/aromatic N) is 2. The fourth-order valence-corrected chi connectivity index (χ4v) is 3.49. The molecule has 2 N–H and O–H groups in total. The molecular formula is C15H26FIN4O2S. The Morgan fingerprint density at radius 2 is 1.83 bits per heavy atom. The van der Waals surface area contributed by atoms with Crippen molar-refractivity contribution in [1.82, 2.24) is 14.9 Å². The van der Waals surface area contributed by atoms with Gasteiger partial charge in [0.1, 0.15) is 5.82 Å². The molecule has 0 aliphatic carbocycles. The van der Waals surface area contributed by atoms with Crippen molar-refractivity contribution in [2.24, 2.45) is 4.99 Å². The van der Waals surface area contributed by atoms with Crippen molar-refractivity contribution in [3.05, 3.63) is 35.6 Å². The van der Waals surface area contributed by atoms with Gasteiger partial charge in [0.05, 0.1) is 5.75 Å². The Bertz CT molecular complexity index is 622. The Balaban J connectivity index is 0.00000529. The predicted octanol–water partition coefficient (Wildman–Crippen LogP) is 1.78. The molecule has 0 unspecified atom stereocenters. The minimum absolute atomic E-state index is 0. The van der Waals surface area contributed by atoms with E-state index in [4.69, 9.17) is 0 Å². The highest BCUT2D eigenvalue weighted by molar-refractivity contribution is 14.0. The summed E-state index contributed by atoms with van der Waals surface area (Å²) >= 11 is 0. The first kappa shape index (κ1) is 23.1. The second-order valence-electron chi connectivity index (χ2n) is 4.84. The summed E-state index contributed by atoms with van der Waals surface area (Å²) in [7, 11) is -1.69. The van der Waals surface area contributed by atoms with Gasteiger partial charge in [0.25, 0.3) is 0 Å². The van der Waals surface area contributed by atoms with Crippen molar-refractivity contribution >= 4 is 40.0 Å². The van der Waals surface area contributed by atoms with E-state index < -0.39 is 10.0 Å². The van der Waals surface area contributed by atoms with Crippen molar-refractivity contribution in [3.8, 4) is 0 Å². The summed E-state index contributed by atoms with van der Waals surface area (Å²) in [5, 5.41) is 5.89. The van der Waals surface area contributed by atoms with E-state index in [9.17, 15) is 12.8 Å². The molecule has 0 saturated carbocycles. The highest BCUT2D eigenvalue weighted by atomic mass is 127. The molecule has 0 radical (unpaired) electrons. The van der Waals surface area contributed by atoms with E-state index in [1.807, 2.05) is 13.8 Å². The molecular weight excluding hydrogens is 446 g/mol. The Kier molecular flexibility index (Phi) is 11.1. The van der Waals surface area contributed by atoms with E-state index in [-0.39, 0.29) is 48.6 Å². The number of hydrogen-bond donors (Lipinski definition) is 2. The predicted molar refractivity (Wildman–Crippen MR) is 107 cm³/mol. The first-order valence-corrected chi connectivity index (χ1v) is 9.21. The maximum absolute atomic E-state index is 13.5. The molecule has 0 aliphatic heterocycles. The summed E-state index contributed by atoms with van der Waals surface area (Å²) < 4.78 is 39.1. The van der Waals surface area contributed by atoms with Crippen LogP contribution in [-0.4, -0.2) is 51.1 Å². The average molecular weight is 472 g/mol. The van der Waals surface area contributed by atoms with Crippen LogP contribution in [0.2, 0.25) is 0 Å². The molecule has 0 bridgehead atoms. The van der Waals surface area contributed by atoms with Gasteiger partial charge in [-0.3, -0.25) is 4.99 Å². The SMILES string of the molecule is CCN(CC)S(=O)(=O)CCNC(=NC)NCc1ccccc1F.I. The summed E-state index contributed by atoms with van der Waals surface area (Å²) in [6, 6.07) is 6.46. The van der Waals surface area contributed by atoms with Crippen LogP contribution in [0, 0.1) is 5.82 Å². The van der Waals surface area contributed by atoms with Gasteiger partial charge < -0.3 is 10.6 Å². The molecule has 1 aromatic rings. The first-order valence-electron chi connectivity index (χ1n) is 7.60. The van der Waals surface area contributed by atoms with Crippen molar-refractivity contribution in [3.63, 3.8) is 0 Å². The third-order valence-electron chi connectivity index (χ3n) is 3.38. The molecule has 0 saturated heterocycles. The molecule has 9 heteroatoms. The minimum atomic E-state index is -3.27. The molecule has 0 atom stereocenters. The largest absolute Gasteiger partial charge is 0.355 e. The van der Waals surface area contributed by atoms with E-state index in [2.05, 4.69) is 15.6 Å². The number of hydrogen-bond acceptors (Lipinski definition) is 3. The van der Waals surface area contributed by atoms with Gasteiger partial charge >= 0.3 is 0 Å². The number of aliphatic imine (C=N–C) groups is 1. The standard InChI is InChI=1S/C15H25FN4O2S.HI/c1-4-20(5-2)23(21,22)11-10-18-15(17-3)19-12-13-8-6-7-9-14(13)16;/h6-9H,4-5,10-12H2,1-3H3,(H2,17,18,19);1H. The smallest absolute Gasteiger partial charge is 0.215 e. The lowest BCUT2D eigenvalue weighted by Gasteiger charge is -2.19. The molecule has 0 aromatic heterocycles. The minimum Gasteiger partial charge on any atom is -0.355 e. The first-order chi connectivity index (χ1) is 10.9. The number of benzene rings is 1. The Labute approximate surface area is 161 Å². The molecule has 6 nitrogen and oxygen atoms in total. The molecule has 24 heavy (non-hydrogen) atoms. The van der Waals surface area contributed by atoms with E-state index in [1.54, 1.807) is 25.2 Å². The Hall–Kier alpha value is -0.940. The van der Waals surface area contributed by atoms with Crippen LogP contribution in [-0.2, 0) is 16.6 Å². The molecule has 0 aliphatic rings. The van der Waals surface area contributed by atoms with E-state index in [0.29, 0.717) is 24.6 Å². The van der Waals surface area contributed by atoms with Gasteiger partial charge in [0.15, 0.2) is 5.96 Å². The van der Waals surface area contributed by atoms with E-state index in [0.717, 1.165) is 0 Å². The molecule has 1 rings (SSSR count). The maximum Gasteiger partial charge on any atom is 0.215 e. The van der Waals surface area contributed by atoms with Gasteiger partial charge in [-0.15, -0.1) is 24.0 Å². The molecule has 0 fully saturated rings. The molecule has 1 aromatic carbocycles. The monoisotopic (exact) mass is 472 g/mol. The van der Waals surface area contributed by atoms with Gasteiger partial charge in [-0.1, -0.05) is 32.0 Å². The van der Waals surface area contributed by atoms with Crippen LogP contribution in [0.25, 0.3) is 0 Å². The molecule has 138 valence electrons. The van der Waals surface area contributed by atoms with Crippen LogP contribution in [0.3, 0.4) is 0 Å². The molecule has 0 spiro atoms. The number of halogens is 2. The lowest BCUT2D eigenvalue weighted by atomic mass is 10.2. The topological polar surface area (TPSA) is 73.8 Å². The third-order valence-corrected chi connectivity index (χ3v) is 5.40. The number of guanidine groups is 1. The summed E-state index contributed by atoms with van der Waals surface area (Å²) in [5.74, 6) is 0.122. The highest BCUT2D eigenvalue weighted by Gasteiger charge is 2.18. The van der Waals surface area contributed by atoms with Gasteiger partial charge in [-0.05, 0) is 6.07 Å². The van der Waals surface area contributed by atoms with Crippen LogP contribution in [0.5, 0.6) is 0 Å². The zero-order valence-corrected chi connectivity index (χ0v) is 17.4. The summed E-state index contributed by atoms with van der Waals surface area (Å²) in [4.78, 5) is 4.00. The van der Waals surface area contributed by atoms with Crippen LogP contribution < -0.4 is 10.6 Å². The van der Waals surface area contributed by atoms with Crippen molar-refractivity contribution in [1.29, 1.82) is 0 Å². The quantitative estimate of drug-likeness (QED) is 0.344. The van der Waals surface area contributed by atoms with Crippen LogP contribution in [0.1, 0.15) is 19.4 Å². The Morgan fingerprint density at radius 1 is 1.21 bits per heavy atom. The number of rotatable bonds is 8. The van der Waals surface area contributed by atoms with Gasteiger partial charge in [-0.25, -0.2) is 17.1 Å².